The number of hydrogen-bond donors (Lipinski definition) is 1. The molecule has 0 aromatic carbocycles. The second kappa shape index (κ2) is 3.40. The van der Waals surface area contributed by atoms with E-state index >= 15 is 0 Å². The highest BCUT2D eigenvalue weighted by molar-refractivity contribution is 5.27. The Bertz CT molecular complexity index is 281. The molecule has 0 fully saturated rings. The summed E-state index contributed by atoms with van der Waals surface area (Å²) in [5, 5.41) is 3.09. The van der Waals surface area contributed by atoms with Gasteiger partial charge in [-0.3, -0.25) is 0 Å². The third kappa shape index (κ3) is 2.76. The summed E-state index contributed by atoms with van der Waals surface area (Å²) in [4.78, 5) is 4.37. The van der Waals surface area contributed by atoms with Gasteiger partial charge < -0.3 is 9.88 Å². The Morgan fingerprint density at radius 2 is 2.08 bits per heavy atom. The molecule has 3 nitrogen and oxygen atoms in total. The molecular formula is C10H19N3. The molecule has 1 N–H and O–H groups in total. The standard InChI is InChI=1S/C10H19N3/c1-8-6-13(7-10(2,3)4)9(11-5)12-8/h6H,7H2,1-5H3,(H,11,12). The van der Waals surface area contributed by atoms with Crippen molar-refractivity contribution in [2.24, 2.45) is 5.41 Å². The van der Waals surface area contributed by atoms with E-state index in [1.807, 2.05) is 14.0 Å². The van der Waals surface area contributed by atoms with Gasteiger partial charge in [0.15, 0.2) is 0 Å². The van der Waals surface area contributed by atoms with E-state index in [9.17, 15) is 0 Å². The van der Waals surface area contributed by atoms with Gasteiger partial charge in [0.1, 0.15) is 0 Å². The molecule has 0 bridgehead atoms. The van der Waals surface area contributed by atoms with Crippen LogP contribution in [0.15, 0.2) is 6.20 Å². The maximum Gasteiger partial charge on any atom is 0.202 e. The molecule has 0 aliphatic carbocycles. The number of imidazole rings is 1. The van der Waals surface area contributed by atoms with Crippen LogP contribution in [-0.2, 0) is 6.54 Å². The summed E-state index contributed by atoms with van der Waals surface area (Å²) >= 11 is 0. The van der Waals surface area contributed by atoms with Crippen molar-refractivity contribution in [3.8, 4) is 0 Å². The van der Waals surface area contributed by atoms with Crippen LogP contribution >= 0.6 is 0 Å². The van der Waals surface area contributed by atoms with Crippen LogP contribution in [0.4, 0.5) is 5.95 Å². The molecule has 1 aromatic heterocycles. The van der Waals surface area contributed by atoms with Crippen molar-refractivity contribution in [3.05, 3.63) is 11.9 Å². The van der Waals surface area contributed by atoms with Crippen LogP contribution in [0.5, 0.6) is 0 Å². The smallest absolute Gasteiger partial charge is 0.202 e. The van der Waals surface area contributed by atoms with Crippen LogP contribution in [0.25, 0.3) is 0 Å². The summed E-state index contributed by atoms with van der Waals surface area (Å²) in [6, 6.07) is 0. The lowest BCUT2D eigenvalue weighted by Crippen LogP contribution is -2.16. The van der Waals surface area contributed by atoms with Gasteiger partial charge in [-0.05, 0) is 12.3 Å². The molecule has 74 valence electrons. The van der Waals surface area contributed by atoms with E-state index in [1.54, 1.807) is 0 Å². The lowest BCUT2D eigenvalue weighted by atomic mass is 9.97. The lowest BCUT2D eigenvalue weighted by molar-refractivity contribution is 0.345. The van der Waals surface area contributed by atoms with Gasteiger partial charge in [0.2, 0.25) is 5.95 Å². The second-order valence-electron chi connectivity index (χ2n) is 4.64. The first-order chi connectivity index (χ1) is 5.92. The summed E-state index contributed by atoms with van der Waals surface area (Å²) in [6.07, 6.45) is 2.08. The fourth-order valence-corrected chi connectivity index (χ4v) is 1.38. The molecule has 0 saturated carbocycles. The van der Waals surface area contributed by atoms with Crippen LogP contribution in [0.2, 0.25) is 0 Å². The molecule has 0 amide bonds. The Balaban J connectivity index is 2.87. The Morgan fingerprint density at radius 3 is 2.54 bits per heavy atom. The zero-order valence-corrected chi connectivity index (χ0v) is 9.18. The summed E-state index contributed by atoms with van der Waals surface area (Å²) in [7, 11) is 1.90. The highest BCUT2D eigenvalue weighted by atomic mass is 15.2. The largest absolute Gasteiger partial charge is 0.359 e. The number of nitrogens with zero attached hydrogens (tertiary/aromatic N) is 2. The molecule has 13 heavy (non-hydrogen) atoms. The maximum atomic E-state index is 4.37. The van der Waals surface area contributed by atoms with Gasteiger partial charge in [-0.15, -0.1) is 0 Å². The van der Waals surface area contributed by atoms with Crippen molar-refractivity contribution in [3.63, 3.8) is 0 Å². The molecule has 0 aliphatic heterocycles. The zero-order chi connectivity index (χ0) is 10.1. The Morgan fingerprint density at radius 1 is 1.46 bits per heavy atom. The van der Waals surface area contributed by atoms with E-state index in [2.05, 4.69) is 41.8 Å². The molecule has 1 rings (SSSR count). The number of nitrogens with one attached hydrogen (secondary N) is 1. The molecule has 3 heteroatoms. The van der Waals surface area contributed by atoms with Crippen LogP contribution in [0, 0.1) is 12.3 Å². The fraction of sp³-hybridized carbons (Fsp3) is 0.700. The number of aromatic nitrogens is 2. The monoisotopic (exact) mass is 181 g/mol. The van der Waals surface area contributed by atoms with E-state index in [0.717, 1.165) is 18.2 Å². The first-order valence-corrected chi connectivity index (χ1v) is 4.64. The van der Waals surface area contributed by atoms with E-state index in [1.165, 1.54) is 0 Å². The third-order valence-electron chi connectivity index (χ3n) is 1.77. The highest BCUT2D eigenvalue weighted by Crippen LogP contribution is 2.19. The van der Waals surface area contributed by atoms with Crippen molar-refractivity contribution in [1.29, 1.82) is 0 Å². The van der Waals surface area contributed by atoms with Crippen molar-refractivity contribution in [2.75, 3.05) is 12.4 Å². The average Bonchev–Trinajstić information content (AvgIpc) is 2.27. The molecule has 0 aliphatic rings. The predicted molar refractivity (Wildman–Crippen MR) is 56.0 cm³/mol. The van der Waals surface area contributed by atoms with Gasteiger partial charge in [0.05, 0.1) is 5.69 Å². The zero-order valence-electron chi connectivity index (χ0n) is 9.18. The third-order valence-corrected chi connectivity index (χ3v) is 1.77. The predicted octanol–water partition coefficient (Wildman–Crippen LogP) is 2.28. The minimum atomic E-state index is 0.290. The molecule has 1 aromatic rings. The normalized spacial score (nSPS) is 11.8. The van der Waals surface area contributed by atoms with E-state index in [4.69, 9.17) is 0 Å². The van der Waals surface area contributed by atoms with Gasteiger partial charge in [-0.25, -0.2) is 4.98 Å². The first-order valence-electron chi connectivity index (χ1n) is 4.64. The van der Waals surface area contributed by atoms with Crippen molar-refractivity contribution in [2.45, 2.75) is 34.2 Å². The van der Waals surface area contributed by atoms with E-state index in [0.29, 0.717) is 5.41 Å². The summed E-state index contributed by atoms with van der Waals surface area (Å²) in [5.41, 5.74) is 1.35. The number of hydrogen-bond acceptors (Lipinski definition) is 2. The maximum absolute atomic E-state index is 4.37. The van der Waals surface area contributed by atoms with Crippen molar-refractivity contribution < 1.29 is 0 Å². The molecule has 1 heterocycles. The number of anilines is 1. The summed E-state index contributed by atoms with van der Waals surface area (Å²) in [5.74, 6) is 0.951. The van der Waals surface area contributed by atoms with Gasteiger partial charge in [0.25, 0.3) is 0 Å². The Hall–Kier alpha value is -0.990. The molecule has 0 unspecified atom stereocenters. The minimum Gasteiger partial charge on any atom is -0.359 e. The number of aryl methyl sites for hydroxylation is 1. The van der Waals surface area contributed by atoms with Crippen LogP contribution in [-0.4, -0.2) is 16.6 Å². The topological polar surface area (TPSA) is 29.9 Å². The van der Waals surface area contributed by atoms with Crippen molar-refractivity contribution in [1.82, 2.24) is 9.55 Å². The lowest BCUT2D eigenvalue weighted by Gasteiger charge is -2.19. The van der Waals surface area contributed by atoms with Gasteiger partial charge in [-0.2, -0.15) is 0 Å². The average molecular weight is 181 g/mol. The first kappa shape index (κ1) is 10.1. The molecule has 0 radical (unpaired) electrons. The van der Waals surface area contributed by atoms with E-state index in [-0.39, 0.29) is 0 Å². The Labute approximate surface area is 80.2 Å². The minimum absolute atomic E-state index is 0.290. The molecule has 0 spiro atoms. The van der Waals surface area contributed by atoms with Gasteiger partial charge >= 0.3 is 0 Å². The SMILES string of the molecule is CNc1nc(C)cn1CC(C)(C)C. The summed E-state index contributed by atoms with van der Waals surface area (Å²) in [6.45, 7) is 9.68. The second-order valence-corrected chi connectivity index (χ2v) is 4.64. The quantitative estimate of drug-likeness (QED) is 0.758. The van der Waals surface area contributed by atoms with Gasteiger partial charge in [-0.1, -0.05) is 20.8 Å². The van der Waals surface area contributed by atoms with Crippen molar-refractivity contribution >= 4 is 5.95 Å². The molecular weight excluding hydrogens is 162 g/mol. The molecule has 0 saturated heterocycles. The summed E-state index contributed by atoms with van der Waals surface area (Å²) < 4.78 is 2.16. The highest BCUT2D eigenvalue weighted by Gasteiger charge is 2.13. The van der Waals surface area contributed by atoms with Crippen LogP contribution < -0.4 is 5.32 Å². The fourth-order valence-electron chi connectivity index (χ4n) is 1.38. The number of rotatable bonds is 2. The molecule has 0 atom stereocenters. The van der Waals surface area contributed by atoms with Gasteiger partial charge in [0, 0.05) is 19.8 Å². The van der Waals surface area contributed by atoms with Crippen LogP contribution in [0.3, 0.4) is 0 Å². The van der Waals surface area contributed by atoms with E-state index < -0.39 is 0 Å². The Kier molecular flexibility index (Phi) is 2.64. The van der Waals surface area contributed by atoms with Crippen LogP contribution in [0.1, 0.15) is 26.5 Å².